The van der Waals surface area contributed by atoms with Crippen LogP contribution < -0.4 is 10.1 Å². The molecule has 0 radical (unpaired) electrons. The van der Waals surface area contributed by atoms with Crippen molar-refractivity contribution in [2.45, 2.75) is 80.1 Å². The minimum absolute atomic E-state index is 0.0783. The van der Waals surface area contributed by atoms with Gasteiger partial charge >= 0.3 is 6.09 Å². The van der Waals surface area contributed by atoms with Gasteiger partial charge in [-0.15, -0.1) is 0 Å². The molecule has 5 heteroatoms. The van der Waals surface area contributed by atoms with E-state index in [1.54, 1.807) is 0 Å². The van der Waals surface area contributed by atoms with Crippen LogP contribution in [-0.4, -0.2) is 23.8 Å². The summed E-state index contributed by atoms with van der Waals surface area (Å²) in [5.74, 6) is 0.755. The number of nitriles is 1. The first-order chi connectivity index (χ1) is 12.2. The summed E-state index contributed by atoms with van der Waals surface area (Å²) < 4.78 is 11.8. The van der Waals surface area contributed by atoms with Crippen LogP contribution in [0.3, 0.4) is 0 Å². The minimum Gasteiger partial charge on any atom is -0.489 e. The first-order valence-corrected chi connectivity index (χ1v) is 9.37. The van der Waals surface area contributed by atoms with Gasteiger partial charge in [0.2, 0.25) is 0 Å². The van der Waals surface area contributed by atoms with Crippen LogP contribution in [-0.2, 0) is 4.74 Å². The first kappa shape index (κ1) is 21.1. The molecule has 1 amide bonds. The monoisotopic (exact) mass is 372 g/mol. The molecular formula is C22H32N2O3. The van der Waals surface area contributed by atoms with Gasteiger partial charge in [-0.1, -0.05) is 27.7 Å². The third kappa shape index (κ3) is 4.05. The molecule has 0 saturated heterocycles. The van der Waals surface area contributed by atoms with Crippen LogP contribution in [0.15, 0.2) is 12.1 Å². The number of hydrogen-bond donors (Lipinski definition) is 1. The number of hydrogen-bond acceptors (Lipinski definition) is 4. The Morgan fingerprint density at radius 1 is 1.11 bits per heavy atom. The van der Waals surface area contributed by atoms with E-state index in [1.807, 2.05) is 46.8 Å². The fourth-order valence-electron chi connectivity index (χ4n) is 4.53. The van der Waals surface area contributed by atoms with E-state index < -0.39 is 11.7 Å². The number of benzene rings is 1. The van der Waals surface area contributed by atoms with Gasteiger partial charge in [0.15, 0.2) is 0 Å². The van der Waals surface area contributed by atoms with Crippen LogP contribution >= 0.6 is 0 Å². The van der Waals surface area contributed by atoms with E-state index in [2.05, 4.69) is 39.1 Å². The Bertz CT molecular complexity index is 743. The lowest BCUT2D eigenvalue weighted by Crippen LogP contribution is -2.74. The lowest BCUT2D eigenvalue weighted by atomic mass is 9.49. The molecule has 1 aliphatic carbocycles. The summed E-state index contributed by atoms with van der Waals surface area (Å²) in [6.45, 7) is 17.8. The van der Waals surface area contributed by atoms with Crippen molar-refractivity contribution < 1.29 is 14.3 Å². The van der Waals surface area contributed by atoms with Gasteiger partial charge in [-0.25, -0.2) is 4.79 Å². The molecule has 0 aliphatic heterocycles. The maximum Gasteiger partial charge on any atom is 0.407 e. The zero-order valence-electron chi connectivity index (χ0n) is 18.0. The summed E-state index contributed by atoms with van der Waals surface area (Å²) in [5.41, 5.74) is 1.44. The Morgan fingerprint density at radius 2 is 1.59 bits per heavy atom. The lowest BCUT2D eigenvalue weighted by molar-refractivity contribution is -0.166. The molecule has 1 N–H and O–H groups in total. The van der Waals surface area contributed by atoms with Crippen molar-refractivity contribution in [1.29, 1.82) is 5.26 Å². The van der Waals surface area contributed by atoms with E-state index in [4.69, 9.17) is 9.47 Å². The number of aryl methyl sites for hydroxylation is 2. The van der Waals surface area contributed by atoms with E-state index in [-0.39, 0.29) is 23.0 Å². The van der Waals surface area contributed by atoms with Crippen molar-refractivity contribution in [3.8, 4) is 11.8 Å². The van der Waals surface area contributed by atoms with Gasteiger partial charge in [-0.3, -0.25) is 0 Å². The van der Waals surface area contributed by atoms with Crippen molar-refractivity contribution in [1.82, 2.24) is 5.32 Å². The number of carbonyl (C=O) groups is 1. The normalized spacial score (nSPS) is 23.0. The Kier molecular flexibility index (Phi) is 5.27. The molecule has 5 nitrogen and oxygen atoms in total. The molecule has 0 bridgehead atoms. The third-order valence-electron chi connectivity index (χ3n) is 5.37. The van der Waals surface area contributed by atoms with Gasteiger partial charge < -0.3 is 14.8 Å². The summed E-state index contributed by atoms with van der Waals surface area (Å²) in [6, 6.07) is 5.97. The molecule has 27 heavy (non-hydrogen) atoms. The smallest absolute Gasteiger partial charge is 0.407 e. The molecule has 2 rings (SSSR count). The number of nitrogens with one attached hydrogen (secondary N) is 1. The largest absolute Gasteiger partial charge is 0.489 e. The predicted molar refractivity (Wildman–Crippen MR) is 106 cm³/mol. The highest BCUT2D eigenvalue weighted by molar-refractivity contribution is 5.68. The molecule has 1 aliphatic rings. The van der Waals surface area contributed by atoms with Crippen molar-refractivity contribution in [2.75, 3.05) is 0 Å². The fraction of sp³-hybridized carbons (Fsp3) is 0.636. The highest BCUT2D eigenvalue weighted by Gasteiger charge is 2.64. The van der Waals surface area contributed by atoms with E-state index in [9.17, 15) is 10.1 Å². The summed E-state index contributed by atoms with van der Waals surface area (Å²) in [7, 11) is 0. The van der Waals surface area contributed by atoms with E-state index in [0.29, 0.717) is 5.56 Å². The average Bonchev–Trinajstić information content (AvgIpc) is 2.48. The van der Waals surface area contributed by atoms with Gasteiger partial charge in [0.1, 0.15) is 17.5 Å². The number of carbonyl (C=O) groups excluding carboxylic acids is 1. The van der Waals surface area contributed by atoms with Gasteiger partial charge in [-0.2, -0.15) is 5.26 Å². The molecule has 0 heterocycles. The zero-order valence-corrected chi connectivity index (χ0v) is 18.0. The van der Waals surface area contributed by atoms with Gasteiger partial charge in [0.25, 0.3) is 0 Å². The Hall–Kier alpha value is -2.22. The highest BCUT2D eigenvalue weighted by Crippen LogP contribution is 2.55. The van der Waals surface area contributed by atoms with Gasteiger partial charge in [-0.05, 0) is 57.9 Å². The second kappa shape index (κ2) is 6.74. The van der Waals surface area contributed by atoms with Crippen LogP contribution in [0.25, 0.3) is 0 Å². The second-order valence-electron chi connectivity index (χ2n) is 9.76. The molecule has 0 atom stereocenters. The maximum atomic E-state index is 12.3. The Labute approximate surface area is 163 Å². The molecule has 1 aromatic rings. The molecule has 148 valence electrons. The Morgan fingerprint density at radius 3 is 2.00 bits per heavy atom. The summed E-state index contributed by atoms with van der Waals surface area (Å²) in [4.78, 5) is 12.3. The van der Waals surface area contributed by atoms with E-state index in [1.165, 1.54) is 0 Å². The summed E-state index contributed by atoms with van der Waals surface area (Å²) in [6.07, 6.45) is -0.492. The van der Waals surface area contributed by atoms with Crippen LogP contribution in [0.4, 0.5) is 4.79 Å². The van der Waals surface area contributed by atoms with Crippen molar-refractivity contribution >= 4 is 6.09 Å². The van der Waals surface area contributed by atoms with E-state index >= 15 is 0 Å². The van der Waals surface area contributed by atoms with Gasteiger partial charge in [0.05, 0.1) is 11.6 Å². The maximum absolute atomic E-state index is 12.3. The predicted octanol–water partition coefficient (Wildman–Crippen LogP) is 4.88. The van der Waals surface area contributed by atoms with Crippen molar-refractivity contribution in [2.24, 2.45) is 10.8 Å². The number of amides is 1. The molecule has 1 saturated carbocycles. The zero-order chi connectivity index (χ0) is 20.8. The van der Waals surface area contributed by atoms with Crippen LogP contribution in [0.2, 0.25) is 0 Å². The van der Waals surface area contributed by atoms with Crippen LogP contribution in [0.1, 0.15) is 65.2 Å². The molecule has 1 fully saturated rings. The second-order valence-corrected chi connectivity index (χ2v) is 9.76. The fourth-order valence-corrected chi connectivity index (χ4v) is 4.53. The SMILES string of the molecule is Cc1cc(OC2C(C)(C)C(NC(=O)OC(C)(C)C)C2(C)C)cc(C)c1C#N. The Balaban J connectivity index is 2.19. The minimum atomic E-state index is -0.532. The standard InChI is InChI=1S/C22H32N2O3/c1-13-10-15(11-14(2)16(13)12-23)26-18-21(6,7)17(22(18,8)9)24-19(25)27-20(3,4)5/h10-11,17-18H,1-9H3,(H,24,25). The van der Waals surface area contributed by atoms with E-state index in [0.717, 1.165) is 16.9 Å². The quantitative estimate of drug-likeness (QED) is 0.820. The third-order valence-corrected chi connectivity index (χ3v) is 5.37. The first-order valence-electron chi connectivity index (χ1n) is 9.37. The van der Waals surface area contributed by atoms with Crippen molar-refractivity contribution in [3.05, 3.63) is 28.8 Å². The topological polar surface area (TPSA) is 71.3 Å². The molecule has 1 aromatic carbocycles. The number of nitrogens with zero attached hydrogens (tertiary/aromatic N) is 1. The number of rotatable bonds is 3. The highest BCUT2D eigenvalue weighted by atomic mass is 16.6. The molecule has 0 unspecified atom stereocenters. The molecule has 0 spiro atoms. The summed E-state index contributed by atoms with van der Waals surface area (Å²) in [5, 5.41) is 12.3. The lowest BCUT2D eigenvalue weighted by Gasteiger charge is -2.62. The van der Waals surface area contributed by atoms with Crippen LogP contribution in [0, 0.1) is 36.0 Å². The molecule has 0 aromatic heterocycles. The average molecular weight is 373 g/mol. The van der Waals surface area contributed by atoms with Gasteiger partial charge in [0, 0.05) is 16.9 Å². The number of ether oxygens (including phenoxy) is 2. The number of alkyl carbamates (subject to hydrolysis) is 1. The molecular weight excluding hydrogens is 340 g/mol. The summed E-state index contributed by atoms with van der Waals surface area (Å²) >= 11 is 0. The van der Waals surface area contributed by atoms with Crippen molar-refractivity contribution in [3.63, 3.8) is 0 Å². The van der Waals surface area contributed by atoms with Crippen LogP contribution in [0.5, 0.6) is 5.75 Å².